The lowest BCUT2D eigenvalue weighted by Crippen LogP contribution is -2.40. The molecule has 14 heavy (non-hydrogen) atoms. The Morgan fingerprint density at radius 2 is 2.21 bits per heavy atom. The van der Waals surface area contributed by atoms with Crippen molar-refractivity contribution >= 4 is 11.7 Å². The first-order chi connectivity index (χ1) is 6.68. The molecule has 0 bridgehead atoms. The fourth-order valence-corrected chi connectivity index (χ4v) is 1.57. The van der Waals surface area contributed by atoms with Gasteiger partial charge in [0.25, 0.3) is 0 Å². The maximum Gasteiger partial charge on any atom is 0.235 e. The average Bonchev–Trinajstić information content (AvgIpc) is 2.44. The van der Waals surface area contributed by atoms with Crippen LogP contribution in [0.1, 0.15) is 18.1 Å². The SMILES string of the molecule is CC(=O)NN1Cc2ccccc2C1=N. The number of rotatable bonds is 1. The molecule has 0 fully saturated rings. The summed E-state index contributed by atoms with van der Waals surface area (Å²) in [5, 5.41) is 9.34. The number of amidine groups is 1. The first-order valence-electron chi connectivity index (χ1n) is 4.40. The molecule has 4 nitrogen and oxygen atoms in total. The van der Waals surface area contributed by atoms with Gasteiger partial charge in [-0.2, -0.15) is 0 Å². The van der Waals surface area contributed by atoms with Gasteiger partial charge in [-0.3, -0.25) is 20.6 Å². The van der Waals surface area contributed by atoms with Crippen molar-refractivity contribution in [3.05, 3.63) is 35.4 Å². The zero-order valence-corrected chi connectivity index (χ0v) is 7.87. The van der Waals surface area contributed by atoms with Gasteiger partial charge < -0.3 is 0 Å². The second-order valence-corrected chi connectivity index (χ2v) is 3.26. The van der Waals surface area contributed by atoms with Crippen molar-refractivity contribution in [2.75, 3.05) is 0 Å². The summed E-state index contributed by atoms with van der Waals surface area (Å²) in [6, 6.07) is 7.68. The Kier molecular flexibility index (Phi) is 1.96. The molecule has 0 radical (unpaired) electrons. The number of hydrogen-bond donors (Lipinski definition) is 2. The molecule has 72 valence electrons. The Hall–Kier alpha value is -1.84. The summed E-state index contributed by atoms with van der Waals surface area (Å²) in [5.74, 6) is 0.207. The summed E-state index contributed by atoms with van der Waals surface area (Å²) in [6.07, 6.45) is 0. The highest BCUT2D eigenvalue weighted by molar-refractivity contribution is 6.00. The maximum absolute atomic E-state index is 10.8. The third-order valence-corrected chi connectivity index (χ3v) is 2.16. The van der Waals surface area contributed by atoms with Gasteiger partial charge in [0.15, 0.2) is 0 Å². The van der Waals surface area contributed by atoms with E-state index < -0.39 is 0 Å². The zero-order chi connectivity index (χ0) is 10.1. The van der Waals surface area contributed by atoms with Crippen LogP contribution in [0, 0.1) is 5.41 Å². The van der Waals surface area contributed by atoms with E-state index in [-0.39, 0.29) is 5.91 Å². The van der Waals surface area contributed by atoms with Crippen molar-refractivity contribution in [2.24, 2.45) is 0 Å². The molecule has 1 aromatic rings. The fourth-order valence-electron chi connectivity index (χ4n) is 1.57. The van der Waals surface area contributed by atoms with Crippen molar-refractivity contribution in [1.82, 2.24) is 10.4 Å². The van der Waals surface area contributed by atoms with Gasteiger partial charge in [-0.05, 0) is 5.56 Å². The molecule has 0 unspecified atom stereocenters. The van der Waals surface area contributed by atoms with Crippen LogP contribution >= 0.6 is 0 Å². The second-order valence-electron chi connectivity index (χ2n) is 3.26. The quantitative estimate of drug-likeness (QED) is 0.689. The highest BCUT2D eigenvalue weighted by Crippen LogP contribution is 2.20. The van der Waals surface area contributed by atoms with Crippen LogP contribution in [0.15, 0.2) is 24.3 Å². The number of benzene rings is 1. The Labute approximate surface area is 82.0 Å². The highest BCUT2D eigenvalue weighted by atomic mass is 16.2. The standard InChI is InChI=1S/C10H11N3O/c1-7(14)12-13-6-8-4-2-3-5-9(8)10(13)11/h2-5,11H,6H2,1H3,(H,12,14). The molecule has 1 aromatic carbocycles. The van der Waals surface area contributed by atoms with Crippen LogP contribution in [-0.2, 0) is 11.3 Å². The first kappa shape index (κ1) is 8.74. The number of hydrazine groups is 1. The van der Waals surface area contributed by atoms with Crippen LogP contribution in [0.25, 0.3) is 0 Å². The van der Waals surface area contributed by atoms with E-state index in [0.29, 0.717) is 12.4 Å². The van der Waals surface area contributed by atoms with Crippen molar-refractivity contribution in [3.8, 4) is 0 Å². The molecular weight excluding hydrogens is 178 g/mol. The number of nitrogens with one attached hydrogen (secondary N) is 2. The van der Waals surface area contributed by atoms with Crippen LogP contribution < -0.4 is 5.43 Å². The molecule has 1 aliphatic rings. The van der Waals surface area contributed by atoms with Gasteiger partial charge in [-0.25, -0.2) is 0 Å². The van der Waals surface area contributed by atoms with E-state index in [1.54, 1.807) is 5.01 Å². The van der Waals surface area contributed by atoms with Gasteiger partial charge in [0.2, 0.25) is 5.91 Å². The summed E-state index contributed by atoms with van der Waals surface area (Å²) in [4.78, 5) is 10.8. The van der Waals surface area contributed by atoms with E-state index in [4.69, 9.17) is 5.41 Å². The lowest BCUT2D eigenvalue weighted by molar-refractivity contribution is -0.122. The molecule has 0 aromatic heterocycles. The van der Waals surface area contributed by atoms with E-state index in [1.165, 1.54) is 6.92 Å². The minimum atomic E-state index is -0.150. The molecule has 1 aliphatic heterocycles. The molecule has 1 amide bonds. The maximum atomic E-state index is 10.8. The summed E-state index contributed by atoms with van der Waals surface area (Å²) < 4.78 is 0. The molecular formula is C10H11N3O. The number of amides is 1. The lowest BCUT2D eigenvalue weighted by atomic mass is 10.1. The van der Waals surface area contributed by atoms with Gasteiger partial charge in [-0.15, -0.1) is 0 Å². The Morgan fingerprint density at radius 3 is 2.86 bits per heavy atom. The van der Waals surface area contributed by atoms with Crippen LogP contribution in [-0.4, -0.2) is 16.8 Å². The summed E-state index contributed by atoms with van der Waals surface area (Å²) >= 11 is 0. The van der Waals surface area contributed by atoms with Crippen molar-refractivity contribution < 1.29 is 4.79 Å². The largest absolute Gasteiger partial charge is 0.283 e. The predicted octanol–water partition coefficient (Wildman–Crippen LogP) is 0.879. The summed E-state index contributed by atoms with van der Waals surface area (Å²) in [6.45, 7) is 2.02. The Bertz CT molecular complexity index is 400. The smallest absolute Gasteiger partial charge is 0.235 e. The molecule has 2 N–H and O–H groups in total. The molecule has 4 heteroatoms. The second kappa shape index (κ2) is 3.14. The van der Waals surface area contributed by atoms with E-state index >= 15 is 0 Å². The first-order valence-corrected chi connectivity index (χ1v) is 4.40. The van der Waals surface area contributed by atoms with E-state index in [9.17, 15) is 4.79 Å². The fraction of sp³-hybridized carbons (Fsp3) is 0.200. The van der Waals surface area contributed by atoms with E-state index in [2.05, 4.69) is 5.43 Å². The van der Waals surface area contributed by atoms with E-state index in [0.717, 1.165) is 11.1 Å². The highest BCUT2D eigenvalue weighted by Gasteiger charge is 2.23. The third-order valence-electron chi connectivity index (χ3n) is 2.16. The van der Waals surface area contributed by atoms with Crippen molar-refractivity contribution in [2.45, 2.75) is 13.5 Å². The lowest BCUT2D eigenvalue weighted by Gasteiger charge is -2.17. The van der Waals surface area contributed by atoms with Crippen molar-refractivity contribution in [1.29, 1.82) is 5.41 Å². The number of hydrogen-bond acceptors (Lipinski definition) is 2. The van der Waals surface area contributed by atoms with Gasteiger partial charge in [0, 0.05) is 12.5 Å². The van der Waals surface area contributed by atoms with Crippen LogP contribution in [0.4, 0.5) is 0 Å². The normalized spacial score (nSPS) is 14.1. The molecule has 0 saturated carbocycles. The molecule has 2 rings (SSSR count). The predicted molar refractivity (Wildman–Crippen MR) is 52.6 cm³/mol. The van der Waals surface area contributed by atoms with Gasteiger partial charge in [0.05, 0.1) is 6.54 Å². The summed E-state index contributed by atoms with van der Waals surface area (Å²) in [5.41, 5.74) is 4.57. The minimum Gasteiger partial charge on any atom is -0.283 e. The van der Waals surface area contributed by atoms with Gasteiger partial charge in [0.1, 0.15) is 5.84 Å². The monoisotopic (exact) mass is 189 g/mol. The Morgan fingerprint density at radius 1 is 1.50 bits per heavy atom. The van der Waals surface area contributed by atoms with E-state index in [1.807, 2.05) is 24.3 Å². The number of fused-ring (bicyclic) bond motifs is 1. The van der Waals surface area contributed by atoms with Crippen LogP contribution in [0.5, 0.6) is 0 Å². The molecule has 0 saturated heterocycles. The van der Waals surface area contributed by atoms with Crippen molar-refractivity contribution in [3.63, 3.8) is 0 Å². The topological polar surface area (TPSA) is 56.2 Å². The average molecular weight is 189 g/mol. The van der Waals surface area contributed by atoms with Gasteiger partial charge in [-0.1, -0.05) is 24.3 Å². The molecule has 0 spiro atoms. The van der Waals surface area contributed by atoms with Crippen LogP contribution in [0.3, 0.4) is 0 Å². The molecule has 0 aliphatic carbocycles. The summed E-state index contributed by atoms with van der Waals surface area (Å²) in [7, 11) is 0. The van der Waals surface area contributed by atoms with Gasteiger partial charge >= 0.3 is 0 Å². The molecule has 1 heterocycles. The minimum absolute atomic E-state index is 0.150. The third kappa shape index (κ3) is 1.35. The van der Waals surface area contributed by atoms with Crippen LogP contribution in [0.2, 0.25) is 0 Å². The number of carbonyl (C=O) groups excluding carboxylic acids is 1. The number of carbonyl (C=O) groups is 1. The Balaban J connectivity index is 2.26. The molecule has 0 atom stereocenters. The zero-order valence-electron chi connectivity index (χ0n) is 7.87. The number of nitrogens with zero attached hydrogens (tertiary/aromatic N) is 1.